The van der Waals surface area contributed by atoms with Crippen LogP contribution in [-0.4, -0.2) is 44.2 Å². The highest BCUT2D eigenvalue weighted by Crippen LogP contribution is 2.31. The Kier molecular flexibility index (Phi) is 4.34. The Hall–Kier alpha value is -0.580. The lowest BCUT2D eigenvalue weighted by Gasteiger charge is -2.36. The first kappa shape index (κ1) is 14.4. The number of halogens is 1. The van der Waals surface area contributed by atoms with Crippen molar-refractivity contribution >= 4 is 21.6 Å². The van der Waals surface area contributed by atoms with Crippen molar-refractivity contribution in [2.45, 2.75) is 31.8 Å². The fourth-order valence-electron chi connectivity index (χ4n) is 3.00. The molecule has 4 heteroatoms. The first-order valence-corrected chi connectivity index (χ1v) is 8.44. The summed E-state index contributed by atoms with van der Waals surface area (Å²) in [6.45, 7) is 6.94. The summed E-state index contributed by atoms with van der Waals surface area (Å²) in [6.07, 6.45) is 2.84. The van der Waals surface area contributed by atoms with E-state index in [0.29, 0.717) is 6.04 Å². The smallest absolute Gasteiger partial charge is 0.0378 e. The molecule has 1 atom stereocenters. The molecule has 0 radical (unpaired) electrons. The number of benzene rings is 1. The minimum absolute atomic E-state index is 0.380. The Morgan fingerprint density at radius 1 is 1.20 bits per heavy atom. The quantitative estimate of drug-likeness (QED) is 0.911. The second-order valence-electron chi connectivity index (χ2n) is 5.97. The minimum Gasteiger partial charge on any atom is -0.369 e. The van der Waals surface area contributed by atoms with Crippen LogP contribution in [0.5, 0.6) is 0 Å². The summed E-state index contributed by atoms with van der Waals surface area (Å²) in [5.74, 6) is 0. The minimum atomic E-state index is 0.380. The molecule has 1 saturated carbocycles. The summed E-state index contributed by atoms with van der Waals surface area (Å²) in [5, 5.41) is 3.30. The van der Waals surface area contributed by atoms with Crippen molar-refractivity contribution < 1.29 is 0 Å². The molecule has 0 aromatic heterocycles. The zero-order valence-electron chi connectivity index (χ0n) is 12.4. The largest absolute Gasteiger partial charge is 0.369 e. The van der Waals surface area contributed by atoms with Gasteiger partial charge in [-0.3, -0.25) is 4.90 Å². The molecule has 2 aliphatic rings. The maximum Gasteiger partial charge on any atom is 0.0378 e. The van der Waals surface area contributed by atoms with Crippen molar-refractivity contribution in [1.82, 2.24) is 10.2 Å². The Labute approximate surface area is 130 Å². The summed E-state index contributed by atoms with van der Waals surface area (Å²) in [5.41, 5.74) is 2.67. The van der Waals surface area contributed by atoms with Gasteiger partial charge in [0, 0.05) is 48.4 Å². The van der Waals surface area contributed by atoms with E-state index in [4.69, 9.17) is 0 Å². The van der Waals surface area contributed by atoms with Crippen LogP contribution in [0.4, 0.5) is 5.69 Å². The first-order chi connectivity index (χ1) is 9.69. The maximum absolute atomic E-state index is 3.72. The maximum atomic E-state index is 3.72. The number of piperazine rings is 1. The Bertz CT molecular complexity index is 465. The molecule has 3 nitrogen and oxygen atoms in total. The molecule has 1 aliphatic heterocycles. The molecule has 1 saturated heterocycles. The highest BCUT2D eigenvalue weighted by molar-refractivity contribution is 9.10. The molecule has 20 heavy (non-hydrogen) atoms. The van der Waals surface area contributed by atoms with Crippen LogP contribution in [0.1, 0.15) is 31.4 Å². The van der Waals surface area contributed by atoms with Crippen LogP contribution in [0, 0.1) is 0 Å². The highest BCUT2D eigenvalue weighted by atomic mass is 79.9. The van der Waals surface area contributed by atoms with Crippen LogP contribution in [0.25, 0.3) is 0 Å². The van der Waals surface area contributed by atoms with Gasteiger partial charge in [-0.15, -0.1) is 0 Å². The molecule has 1 N–H and O–H groups in total. The van der Waals surface area contributed by atoms with Crippen LogP contribution in [0.2, 0.25) is 0 Å². The molecular weight excluding hydrogens is 314 g/mol. The predicted molar refractivity (Wildman–Crippen MR) is 88.4 cm³/mol. The predicted octanol–water partition coefficient (Wildman–Crippen LogP) is 3.01. The topological polar surface area (TPSA) is 18.5 Å². The van der Waals surface area contributed by atoms with Gasteiger partial charge in [-0.1, -0.05) is 22.0 Å². The second-order valence-corrected chi connectivity index (χ2v) is 6.82. The third-order valence-electron chi connectivity index (χ3n) is 4.63. The lowest BCUT2D eigenvalue weighted by Crippen LogP contribution is -2.47. The summed E-state index contributed by atoms with van der Waals surface area (Å²) >= 11 is 3.72. The zero-order valence-corrected chi connectivity index (χ0v) is 14.0. The van der Waals surface area contributed by atoms with Crippen LogP contribution in [0.15, 0.2) is 22.7 Å². The van der Waals surface area contributed by atoms with Crippen molar-refractivity contribution in [3.05, 3.63) is 28.2 Å². The molecule has 1 aromatic rings. The third kappa shape index (κ3) is 3.02. The Balaban J connectivity index is 1.67. The lowest BCUT2D eigenvalue weighted by molar-refractivity contribution is 0.248. The Morgan fingerprint density at radius 2 is 1.90 bits per heavy atom. The lowest BCUT2D eigenvalue weighted by atomic mass is 10.1. The average molecular weight is 338 g/mol. The van der Waals surface area contributed by atoms with Crippen LogP contribution in [-0.2, 0) is 0 Å². The number of anilines is 1. The van der Waals surface area contributed by atoms with Crippen molar-refractivity contribution in [2.24, 2.45) is 0 Å². The third-order valence-corrected chi connectivity index (χ3v) is 5.31. The molecule has 1 aliphatic carbocycles. The number of nitrogens with one attached hydrogen (secondary N) is 1. The average Bonchev–Trinajstić information content (AvgIpc) is 3.31. The normalized spacial score (nSPS) is 22.1. The molecular formula is C16H24BrN3. The number of hydrogen-bond acceptors (Lipinski definition) is 3. The fraction of sp³-hybridized carbons (Fsp3) is 0.625. The number of nitrogens with zero attached hydrogens (tertiary/aromatic N) is 2. The summed E-state index contributed by atoms with van der Waals surface area (Å²) in [4.78, 5) is 5.17. The molecule has 1 heterocycles. The molecule has 1 unspecified atom stereocenters. The van der Waals surface area contributed by atoms with Gasteiger partial charge >= 0.3 is 0 Å². The first-order valence-electron chi connectivity index (χ1n) is 7.64. The Morgan fingerprint density at radius 3 is 2.45 bits per heavy atom. The van der Waals surface area contributed by atoms with E-state index in [1.807, 2.05) is 7.05 Å². The molecule has 3 rings (SSSR count). The monoisotopic (exact) mass is 337 g/mol. The van der Waals surface area contributed by atoms with Gasteiger partial charge in [0.05, 0.1) is 0 Å². The van der Waals surface area contributed by atoms with Gasteiger partial charge in [0.15, 0.2) is 0 Å². The van der Waals surface area contributed by atoms with E-state index in [0.717, 1.165) is 19.1 Å². The molecule has 2 fully saturated rings. The SMILES string of the molecule is CNC(C)c1ccc(N2CCN(C3CC3)CC2)cc1Br. The summed E-state index contributed by atoms with van der Waals surface area (Å²) < 4.78 is 1.21. The van der Waals surface area contributed by atoms with E-state index in [1.54, 1.807) is 0 Å². The highest BCUT2D eigenvalue weighted by Gasteiger charge is 2.31. The van der Waals surface area contributed by atoms with Gasteiger partial charge in [-0.05, 0) is 44.5 Å². The van der Waals surface area contributed by atoms with Gasteiger partial charge in [-0.25, -0.2) is 0 Å². The van der Waals surface area contributed by atoms with E-state index in [9.17, 15) is 0 Å². The van der Waals surface area contributed by atoms with E-state index in [-0.39, 0.29) is 0 Å². The molecule has 110 valence electrons. The van der Waals surface area contributed by atoms with E-state index >= 15 is 0 Å². The van der Waals surface area contributed by atoms with Crippen molar-refractivity contribution in [3.8, 4) is 0 Å². The molecule has 0 amide bonds. The number of hydrogen-bond donors (Lipinski definition) is 1. The van der Waals surface area contributed by atoms with Crippen molar-refractivity contribution in [3.63, 3.8) is 0 Å². The van der Waals surface area contributed by atoms with Gasteiger partial charge in [0.2, 0.25) is 0 Å². The van der Waals surface area contributed by atoms with Crippen molar-refractivity contribution in [2.75, 3.05) is 38.1 Å². The summed E-state index contributed by atoms with van der Waals surface area (Å²) in [6, 6.07) is 8.07. The fourth-order valence-corrected chi connectivity index (χ4v) is 3.71. The molecule has 1 aromatic carbocycles. The van der Waals surface area contributed by atoms with Gasteiger partial charge in [0.1, 0.15) is 0 Å². The van der Waals surface area contributed by atoms with E-state index in [2.05, 4.69) is 56.2 Å². The molecule has 0 spiro atoms. The van der Waals surface area contributed by atoms with E-state index in [1.165, 1.54) is 41.7 Å². The van der Waals surface area contributed by atoms with Gasteiger partial charge in [-0.2, -0.15) is 0 Å². The van der Waals surface area contributed by atoms with Crippen LogP contribution in [0.3, 0.4) is 0 Å². The number of rotatable bonds is 4. The molecule has 0 bridgehead atoms. The standard InChI is InChI=1S/C16H24BrN3/c1-12(18-2)15-6-5-14(11-16(15)17)20-9-7-19(8-10-20)13-3-4-13/h5-6,11-13,18H,3-4,7-10H2,1-2H3. The van der Waals surface area contributed by atoms with Crippen LogP contribution >= 0.6 is 15.9 Å². The van der Waals surface area contributed by atoms with Crippen LogP contribution < -0.4 is 10.2 Å². The van der Waals surface area contributed by atoms with Gasteiger partial charge in [0.25, 0.3) is 0 Å². The van der Waals surface area contributed by atoms with Gasteiger partial charge < -0.3 is 10.2 Å². The summed E-state index contributed by atoms with van der Waals surface area (Å²) in [7, 11) is 2.00. The second kappa shape index (κ2) is 6.04. The zero-order chi connectivity index (χ0) is 14.1. The van der Waals surface area contributed by atoms with Crippen molar-refractivity contribution in [1.29, 1.82) is 0 Å². The van der Waals surface area contributed by atoms with E-state index < -0.39 is 0 Å².